The molecule has 3 nitrogen and oxygen atoms in total. The minimum atomic E-state index is 0.0481. The second-order valence-electron chi connectivity index (χ2n) is 4.79. The van der Waals surface area contributed by atoms with E-state index in [0.717, 1.165) is 17.0 Å². The van der Waals surface area contributed by atoms with Crippen molar-refractivity contribution in [2.24, 2.45) is 5.73 Å². The molecule has 0 spiro atoms. The van der Waals surface area contributed by atoms with Gasteiger partial charge in [-0.2, -0.15) is 0 Å². The van der Waals surface area contributed by atoms with Crippen molar-refractivity contribution in [2.75, 3.05) is 13.2 Å². The fourth-order valence-electron chi connectivity index (χ4n) is 1.89. The van der Waals surface area contributed by atoms with Crippen LogP contribution >= 0.6 is 0 Å². The van der Waals surface area contributed by atoms with Crippen LogP contribution in [-0.4, -0.2) is 20.1 Å². The van der Waals surface area contributed by atoms with E-state index in [1.165, 1.54) is 5.56 Å². The standard InChI is InChI=1S/C16H20BNO2/c1-13-3-7-15(8-4-13)20-16-9-5-14(6-10-16)17(2)19-12-11-18/h3-10H,11-12,18H2,1-2H3. The Balaban J connectivity index is 1.99. The molecule has 0 bridgehead atoms. The quantitative estimate of drug-likeness (QED) is 0.820. The van der Waals surface area contributed by atoms with E-state index < -0.39 is 0 Å². The van der Waals surface area contributed by atoms with Crippen LogP contribution in [0.1, 0.15) is 5.56 Å². The first-order valence-electron chi connectivity index (χ1n) is 6.85. The van der Waals surface area contributed by atoms with Crippen LogP contribution in [0.4, 0.5) is 0 Å². The van der Waals surface area contributed by atoms with Gasteiger partial charge in [0.25, 0.3) is 0 Å². The molecule has 2 rings (SSSR count). The zero-order chi connectivity index (χ0) is 14.4. The van der Waals surface area contributed by atoms with E-state index >= 15 is 0 Å². The van der Waals surface area contributed by atoms with Crippen molar-refractivity contribution in [3.05, 3.63) is 54.1 Å². The number of benzene rings is 2. The zero-order valence-corrected chi connectivity index (χ0v) is 12.0. The Labute approximate surface area is 120 Å². The second-order valence-corrected chi connectivity index (χ2v) is 4.79. The molecular formula is C16H20BNO2. The maximum atomic E-state index is 5.79. The lowest BCUT2D eigenvalue weighted by molar-refractivity contribution is 0.341. The molecule has 104 valence electrons. The van der Waals surface area contributed by atoms with Crippen molar-refractivity contribution in [2.45, 2.75) is 13.7 Å². The van der Waals surface area contributed by atoms with Crippen LogP contribution < -0.4 is 15.9 Å². The summed E-state index contributed by atoms with van der Waals surface area (Å²) in [6.07, 6.45) is 0. The molecule has 20 heavy (non-hydrogen) atoms. The largest absolute Gasteiger partial charge is 0.457 e. The Morgan fingerprint density at radius 3 is 2.05 bits per heavy atom. The predicted molar refractivity (Wildman–Crippen MR) is 84.0 cm³/mol. The molecule has 0 fully saturated rings. The molecule has 2 N–H and O–H groups in total. The number of nitrogens with two attached hydrogens (primary N) is 1. The van der Waals surface area contributed by atoms with Gasteiger partial charge in [-0.15, -0.1) is 0 Å². The van der Waals surface area contributed by atoms with Gasteiger partial charge in [0.15, 0.2) is 0 Å². The first-order chi connectivity index (χ1) is 9.69. The van der Waals surface area contributed by atoms with Gasteiger partial charge >= 0.3 is 6.92 Å². The minimum absolute atomic E-state index is 0.0481. The first kappa shape index (κ1) is 14.6. The van der Waals surface area contributed by atoms with Crippen molar-refractivity contribution < 1.29 is 9.39 Å². The lowest BCUT2D eigenvalue weighted by Gasteiger charge is -2.11. The summed E-state index contributed by atoms with van der Waals surface area (Å²) in [5.74, 6) is 1.67. The molecule has 0 aromatic heterocycles. The molecule has 0 radical (unpaired) electrons. The molecule has 0 aliphatic carbocycles. The van der Waals surface area contributed by atoms with E-state index in [0.29, 0.717) is 13.2 Å². The Kier molecular flexibility index (Phi) is 5.21. The second kappa shape index (κ2) is 7.13. The third-order valence-electron chi connectivity index (χ3n) is 3.09. The molecule has 0 saturated carbocycles. The van der Waals surface area contributed by atoms with E-state index in [1.54, 1.807) is 0 Å². The van der Waals surface area contributed by atoms with Gasteiger partial charge in [-0.1, -0.05) is 36.7 Å². The molecule has 0 aliphatic heterocycles. The minimum Gasteiger partial charge on any atom is -0.457 e. The molecule has 0 atom stereocenters. The molecule has 0 unspecified atom stereocenters. The highest BCUT2D eigenvalue weighted by Gasteiger charge is 2.11. The Bertz CT molecular complexity index is 525. The average molecular weight is 269 g/mol. The van der Waals surface area contributed by atoms with E-state index in [-0.39, 0.29) is 6.92 Å². The highest BCUT2D eigenvalue weighted by atomic mass is 16.5. The van der Waals surface area contributed by atoms with Crippen molar-refractivity contribution in [1.29, 1.82) is 0 Å². The van der Waals surface area contributed by atoms with Crippen molar-refractivity contribution in [3.8, 4) is 11.5 Å². The van der Waals surface area contributed by atoms with E-state index in [9.17, 15) is 0 Å². The summed E-state index contributed by atoms with van der Waals surface area (Å²) in [6, 6.07) is 16.0. The number of ether oxygens (including phenoxy) is 1. The lowest BCUT2D eigenvalue weighted by Crippen LogP contribution is -2.31. The zero-order valence-electron chi connectivity index (χ0n) is 12.0. The van der Waals surface area contributed by atoms with E-state index in [4.69, 9.17) is 15.1 Å². The maximum Gasteiger partial charge on any atom is 0.323 e. The summed E-state index contributed by atoms with van der Waals surface area (Å²) in [6.45, 7) is 5.24. The van der Waals surface area contributed by atoms with Crippen LogP contribution in [0.25, 0.3) is 0 Å². The van der Waals surface area contributed by atoms with E-state index in [1.807, 2.05) is 55.4 Å². The van der Waals surface area contributed by atoms with Crippen LogP contribution in [-0.2, 0) is 4.65 Å². The first-order valence-corrected chi connectivity index (χ1v) is 6.85. The van der Waals surface area contributed by atoms with Gasteiger partial charge in [0.05, 0.1) is 0 Å². The summed E-state index contributed by atoms with van der Waals surface area (Å²) in [7, 11) is 0. The topological polar surface area (TPSA) is 44.5 Å². The normalized spacial score (nSPS) is 10.3. The van der Waals surface area contributed by atoms with Gasteiger partial charge in [-0.25, -0.2) is 0 Å². The van der Waals surface area contributed by atoms with Crippen LogP contribution in [0.15, 0.2) is 48.5 Å². The highest BCUT2D eigenvalue weighted by Crippen LogP contribution is 2.20. The van der Waals surface area contributed by atoms with Crippen molar-refractivity contribution in [3.63, 3.8) is 0 Å². The van der Waals surface area contributed by atoms with Crippen LogP contribution in [0.5, 0.6) is 11.5 Å². The van der Waals surface area contributed by atoms with E-state index in [2.05, 4.69) is 6.92 Å². The fraction of sp³-hybridized carbons (Fsp3) is 0.250. The third kappa shape index (κ3) is 4.12. The Morgan fingerprint density at radius 2 is 1.50 bits per heavy atom. The number of aryl methyl sites for hydroxylation is 1. The maximum absolute atomic E-state index is 5.79. The molecule has 2 aromatic carbocycles. The molecular weight excluding hydrogens is 249 g/mol. The molecule has 4 heteroatoms. The van der Waals surface area contributed by atoms with Gasteiger partial charge in [-0.3, -0.25) is 0 Å². The van der Waals surface area contributed by atoms with Crippen LogP contribution in [0.3, 0.4) is 0 Å². The summed E-state index contributed by atoms with van der Waals surface area (Å²) in [5, 5.41) is 0. The Hall–Kier alpha value is -1.78. The third-order valence-corrected chi connectivity index (χ3v) is 3.09. The van der Waals surface area contributed by atoms with Gasteiger partial charge in [0, 0.05) is 13.2 Å². The monoisotopic (exact) mass is 269 g/mol. The smallest absolute Gasteiger partial charge is 0.323 e. The summed E-state index contributed by atoms with van der Waals surface area (Å²) in [4.78, 5) is 0. The molecule has 0 aliphatic rings. The fourth-order valence-corrected chi connectivity index (χ4v) is 1.89. The van der Waals surface area contributed by atoms with Crippen LogP contribution in [0, 0.1) is 6.92 Å². The molecule has 2 aromatic rings. The van der Waals surface area contributed by atoms with Gasteiger partial charge in [0.2, 0.25) is 0 Å². The van der Waals surface area contributed by atoms with Gasteiger partial charge in [-0.05, 0) is 36.7 Å². The lowest BCUT2D eigenvalue weighted by atomic mass is 9.64. The summed E-state index contributed by atoms with van der Waals surface area (Å²) < 4.78 is 11.4. The number of hydrogen-bond acceptors (Lipinski definition) is 3. The number of hydrogen-bond donors (Lipinski definition) is 1. The highest BCUT2D eigenvalue weighted by molar-refractivity contribution is 6.66. The Morgan fingerprint density at radius 1 is 0.950 bits per heavy atom. The van der Waals surface area contributed by atoms with Crippen molar-refractivity contribution in [1.82, 2.24) is 0 Å². The SMILES string of the molecule is CB(OCCN)c1ccc(Oc2ccc(C)cc2)cc1. The summed E-state index contributed by atoms with van der Waals surface area (Å²) in [5.41, 5.74) is 7.77. The van der Waals surface area contributed by atoms with Crippen LogP contribution in [0.2, 0.25) is 6.82 Å². The number of rotatable bonds is 6. The van der Waals surface area contributed by atoms with Crippen molar-refractivity contribution >= 4 is 12.4 Å². The molecule has 0 saturated heterocycles. The predicted octanol–water partition coefficient (Wildman–Crippen LogP) is 2.59. The van der Waals surface area contributed by atoms with Gasteiger partial charge in [0.1, 0.15) is 11.5 Å². The summed E-state index contributed by atoms with van der Waals surface area (Å²) >= 11 is 0. The average Bonchev–Trinajstić information content (AvgIpc) is 2.48. The molecule has 0 heterocycles. The van der Waals surface area contributed by atoms with Gasteiger partial charge < -0.3 is 15.1 Å². The molecule has 0 amide bonds.